The van der Waals surface area contributed by atoms with Crippen LogP contribution in [0.25, 0.3) is 0 Å². The lowest BCUT2D eigenvalue weighted by Crippen LogP contribution is -2.02. The second-order valence-corrected chi connectivity index (χ2v) is 4.93. The molecule has 0 spiro atoms. The van der Waals surface area contributed by atoms with Crippen molar-refractivity contribution < 1.29 is 5.11 Å². The molecule has 0 rings (SSSR count). The SMILES string of the molecule is C=CCCCCCCCCC(O)C#CCCCC. The van der Waals surface area contributed by atoms with Gasteiger partial charge in [0.25, 0.3) is 0 Å². The molecule has 0 aromatic carbocycles. The Morgan fingerprint density at radius 3 is 2.39 bits per heavy atom. The van der Waals surface area contributed by atoms with Gasteiger partial charge in [-0.15, -0.1) is 12.5 Å². The zero-order chi connectivity index (χ0) is 13.5. The van der Waals surface area contributed by atoms with Crippen LogP contribution in [-0.4, -0.2) is 11.2 Å². The molecule has 0 aliphatic heterocycles. The molecule has 18 heavy (non-hydrogen) atoms. The third-order valence-electron chi connectivity index (χ3n) is 3.06. The summed E-state index contributed by atoms with van der Waals surface area (Å²) in [5, 5.41) is 9.64. The Balaban J connectivity index is 3.26. The van der Waals surface area contributed by atoms with Crippen LogP contribution < -0.4 is 0 Å². The lowest BCUT2D eigenvalue weighted by molar-refractivity contribution is 0.217. The first-order valence-electron chi connectivity index (χ1n) is 7.58. The van der Waals surface area contributed by atoms with Gasteiger partial charge in [-0.1, -0.05) is 51.0 Å². The first-order valence-corrected chi connectivity index (χ1v) is 7.58. The van der Waals surface area contributed by atoms with E-state index in [1.807, 2.05) is 6.08 Å². The average molecular weight is 250 g/mol. The Bertz CT molecular complexity index is 234. The van der Waals surface area contributed by atoms with Gasteiger partial charge in [0, 0.05) is 6.42 Å². The second kappa shape index (κ2) is 14.3. The topological polar surface area (TPSA) is 20.2 Å². The third kappa shape index (κ3) is 13.3. The minimum absolute atomic E-state index is 0.400. The van der Waals surface area contributed by atoms with Crippen LogP contribution in [0.3, 0.4) is 0 Å². The molecule has 0 aromatic heterocycles. The zero-order valence-corrected chi connectivity index (χ0v) is 12.1. The maximum atomic E-state index is 9.64. The van der Waals surface area contributed by atoms with E-state index in [0.29, 0.717) is 0 Å². The summed E-state index contributed by atoms with van der Waals surface area (Å²) in [6.45, 7) is 5.88. The van der Waals surface area contributed by atoms with Crippen LogP contribution in [0.15, 0.2) is 12.7 Å². The second-order valence-electron chi connectivity index (χ2n) is 4.93. The Kier molecular flexibility index (Phi) is 13.7. The zero-order valence-electron chi connectivity index (χ0n) is 12.1. The van der Waals surface area contributed by atoms with Gasteiger partial charge in [-0.25, -0.2) is 0 Å². The third-order valence-corrected chi connectivity index (χ3v) is 3.06. The van der Waals surface area contributed by atoms with Crippen molar-refractivity contribution in [1.82, 2.24) is 0 Å². The van der Waals surface area contributed by atoms with Crippen molar-refractivity contribution >= 4 is 0 Å². The molecule has 0 radical (unpaired) electrons. The molecule has 0 saturated heterocycles. The van der Waals surface area contributed by atoms with Crippen LogP contribution in [0.4, 0.5) is 0 Å². The molecule has 1 nitrogen and oxygen atoms in total. The van der Waals surface area contributed by atoms with Gasteiger partial charge < -0.3 is 5.11 Å². The Morgan fingerprint density at radius 2 is 1.72 bits per heavy atom. The molecule has 0 heterocycles. The molecule has 104 valence electrons. The number of allylic oxidation sites excluding steroid dienone is 1. The van der Waals surface area contributed by atoms with Crippen molar-refractivity contribution in [2.24, 2.45) is 0 Å². The maximum absolute atomic E-state index is 9.64. The predicted octanol–water partition coefficient (Wildman–Crippen LogP) is 4.85. The summed E-state index contributed by atoms with van der Waals surface area (Å²) in [6, 6.07) is 0. The van der Waals surface area contributed by atoms with Crippen molar-refractivity contribution in [2.45, 2.75) is 83.7 Å². The molecule has 0 aromatic rings. The lowest BCUT2D eigenvalue weighted by atomic mass is 10.1. The number of rotatable bonds is 11. The van der Waals surface area contributed by atoms with E-state index >= 15 is 0 Å². The molecule has 0 bridgehead atoms. The fourth-order valence-corrected chi connectivity index (χ4v) is 1.86. The fourth-order valence-electron chi connectivity index (χ4n) is 1.86. The van der Waals surface area contributed by atoms with Crippen molar-refractivity contribution in [2.75, 3.05) is 0 Å². The summed E-state index contributed by atoms with van der Waals surface area (Å²) in [7, 11) is 0. The summed E-state index contributed by atoms with van der Waals surface area (Å²) in [4.78, 5) is 0. The van der Waals surface area contributed by atoms with E-state index < -0.39 is 6.10 Å². The monoisotopic (exact) mass is 250 g/mol. The van der Waals surface area contributed by atoms with Gasteiger partial charge in [0.2, 0.25) is 0 Å². The van der Waals surface area contributed by atoms with E-state index in [1.165, 1.54) is 38.5 Å². The first-order chi connectivity index (χ1) is 8.81. The largest absolute Gasteiger partial charge is 0.380 e. The van der Waals surface area contributed by atoms with Gasteiger partial charge in [0.05, 0.1) is 0 Å². The van der Waals surface area contributed by atoms with Crippen LogP contribution >= 0.6 is 0 Å². The van der Waals surface area contributed by atoms with Crippen LogP contribution in [-0.2, 0) is 0 Å². The van der Waals surface area contributed by atoms with Gasteiger partial charge >= 0.3 is 0 Å². The summed E-state index contributed by atoms with van der Waals surface area (Å²) < 4.78 is 0. The van der Waals surface area contributed by atoms with E-state index in [4.69, 9.17) is 0 Å². The minimum Gasteiger partial charge on any atom is -0.380 e. The summed E-state index contributed by atoms with van der Waals surface area (Å²) in [5.41, 5.74) is 0. The molecule has 1 N–H and O–H groups in total. The van der Waals surface area contributed by atoms with Crippen molar-refractivity contribution in [3.05, 3.63) is 12.7 Å². The minimum atomic E-state index is -0.400. The highest BCUT2D eigenvalue weighted by molar-refractivity contribution is 5.04. The summed E-state index contributed by atoms with van der Waals surface area (Å²) in [5.74, 6) is 5.98. The number of unbranched alkanes of at least 4 members (excludes halogenated alkanes) is 8. The summed E-state index contributed by atoms with van der Waals surface area (Å²) >= 11 is 0. The highest BCUT2D eigenvalue weighted by atomic mass is 16.3. The van der Waals surface area contributed by atoms with Gasteiger partial charge in [0.1, 0.15) is 6.10 Å². The molecule has 0 saturated carbocycles. The quantitative estimate of drug-likeness (QED) is 0.316. The number of aliphatic hydroxyl groups excluding tert-OH is 1. The number of hydrogen-bond acceptors (Lipinski definition) is 1. The van der Waals surface area contributed by atoms with E-state index in [1.54, 1.807) is 0 Å². The number of aliphatic hydroxyl groups is 1. The smallest absolute Gasteiger partial charge is 0.114 e. The van der Waals surface area contributed by atoms with Crippen LogP contribution in [0.5, 0.6) is 0 Å². The first kappa shape index (κ1) is 17.3. The molecule has 0 amide bonds. The number of hydrogen-bond donors (Lipinski definition) is 1. The fraction of sp³-hybridized carbons (Fsp3) is 0.765. The van der Waals surface area contributed by atoms with Crippen molar-refractivity contribution in [3.63, 3.8) is 0 Å². The molecule has 0 aliphatic rings. The van der Waals surface area contributed by atoms with E-state index in [-0.39, 0.29) is 0 Å². The molecular formula is C17H30O. The van der Waals surface area contributed by atoms with E-state index in [2.05, 4.69) is 25.3 Å². The molecule has 1 unspecified atom stereocenters. The van der Waals surface area contributed by atoms with Gasteiger partial charge in [-0.3, -0.25) is 0 Å². The summed E-state index contributed by atoms with van der Waals surface area (Å²) in [6.07, 6.45) is 14.3. The van der Waals surface area contributed by atoms with E-state index in [0.717, 1.165) is 32.1 Å². The molecule has 1 heteroatoms. The predicted molar refractivity (Wildman–Crippen MR) is 80.4 cm³/mol. The highest BCUT2D eigenvalue weighted by Crippen LogP contribution is 2.09. The normalized spacial score (nSPS) is 11.7. The molecular weight excluding hydrogens is 220 g/mol. The standard InChI is InChI=1S/C17H30O/c1-3-5-7-9-10-11-12-14-16-17(18)15-13-8-6-4-2/h3,17-18H,1,4-12,14,16H2,2H3. The van der Waals surface area contributed by atoms with Gasteiger partial charge in [-0.2, -0.15) is 0 Å². The highest BCUT2D eigenvalue weighted by Gasteiger charge is 1.98. The van der Waals surface area contributed by atoms with Gasteiger partial charge in [-0.05, 0) is 32.1 Å². The average Bonchev–Trinajstić information content (AvgIpc) is 2.38. The van der Waals surface area contributed by atoms with Crippen LogP contribution in [0.1, 0.15) is 77.6 Å². The lowest BCUT2D eigenvalue weighted by Gasteiger charge is -2.03. The van der Waals surface area contributed by atoms with Crippen LogP contribution in [0, 0.1) is 11.8 Å². The van der Waals surface area contributed by atoms with Crippen molar-refractivity contribution in [1.29, 1.82) is 0 Å². The molecule has 1 atom stereocenters. The van der Waals surface area contributed by atoms with Crippen molar-refractivity contribution in [3.8, 4) is 11.8 Å². The maximum Gasteiger partial charge on any atom is 0.114 e. The van der Waals surface area contributed by atoms with E-state index in [9.17, 15) is 5.11 Å². The Labute approximate surface area is 114 Å². The Morgan fingerprint density at radius 1 is 1.06 bits per heavy atom. The van der Waals surface area contributed by atoms with Crippen LogP contribution in [0.2, 0.25) is 0 Å². The molecule has 0 fully saturated rings. The Hall–Kier alpha value is -0.740. The molecule has 0 aliphatic carbocycles. The van der Waals surface area contributed by atoms with Gasteiger partial charge in [0.15, 0.2) is 0 Å².